The van der Waals surface area contributed by atoms with Crippen molar-refractivity contribution >= 4 is 21.8 Å². The summed E-state index contributed by atoms with van der Waals surface area (Å²) in [4.78, 5) is 16.8. The number of amides is 1. The minimum Gasteiger partial charge on any atom is -0.378 e. The first-order valence-electron chi connectivity index (χ1n) is 8.62. The van der Waals surface area contributed by atoms with Crippen LogP contribution < -0.4 is 0 Å². The maximum atomic E-state index is 12.8. The minimum absolute atomic E-state index is 0.120. The quantitative estimate of drug-likeness (QED) is 0.734. The summed E-state index contributed by atoms with van der Waals surface area (Å²) in [6.45, 7) is 3.66. The number of amidine groups is 1. The molecule has 0 unspecified atom stereocenters. The second-order valence-electron chi connectivity index (χ2n) is 6.61. The molecule has 0 N–H and O–H groups in total. The molecule has 0 aliphatic carbocycles. The van der Waals surface area contributed by atoms with Crippen LogP contribution in [0.15, 0.2) is 33.6 Å². The smallest absolute Gasteiger partial charge is 0.285 e. The number of hydrogen-bond acceptors (Lipinski definition) is 5. The van der Waals surface area contributed by atoms with Gasteiger partial charge in [-0.2, -0.15) is 8.42 Å². The Morgan fingerprint density at radius 3 is 2.72 bits per heavy atom. The normalized spacial score (nSPS) is 25.4. The molecule has 0 radical (unpaired) electrons. The van der Waals surface area contributed by atoms with Crippen LogP contribution in [0.4, 0.5) is 0 Å². The molecular weight excluding hydrogens is 342 g/mol. The Morgan fingerprint density at radius 2 is 1.92 bits per heavy atom. The maximum Gasteiger partial charge on any atom is 0.285 e. The van der Waals surface area contributed by atoms with Crippen LogP contribution in [0.25, 0.3) is 0 Å². The van der Waals surface area contributed by atoms with Crippen molar-refractivity contribution in [2.75, 3.05) is 39.4 Å². The monoisotopic (exact) mass is 363 g/mol. The third kappa shape index (κ3) is 3.04. The van der Waals surface area contributed by atoms with E-state index in [1.807, 2.05) is 15.9 Å². The fraction of sp³-hybridized carbons (Fsp3) is 0.529. The van der Waals surface area contributed by atoms with Gasteiger partial charge >= 0.3 is 0 Å². The van der Waals surface area contributed by atoms with Gasteiger partial charge in [0.15, 0.2) is 5.84 Å². The van der Waals surface area contributed by atoms with Gasteiger partial charge in [-0.05, 0) is 25.0 Å². The lowest BCUT2D eigenvalue weighted by Gasteiger charge is -2.37. The summed E-state index contributed by atoms with van der Waals surface area (Å²) in [5, 5.41) is 0. The van der Waals surface area contributed by atoms with Crippen LogP contribution in [0.3, 0.4) is 0 Å². The zero-order valence-corrected chi connectivity index (χ0v) is 14.7. The topological polar surface area (TPSA) is 79.3 Å². The van der Waals surface area contributed by atoms with Crippen molar-refractivity contribution in [3.05, 3.63) is 29.8 Å². The van der Waals surface area contributed by atoms with Crippen LogP contribution >= 0.6 is 0 Å². The van der Waals surface area contributed by atoms with E-state index >= 15 is 0 Å². The third-order valence-electron chi connectivity index (χ3n) is 5.01. The Balaban J connectivity index is 1.55. The van der Waals surface area contributed by atoms with Crippen molar-refractivity contribution in [2.24, 2.45) is 10.3 Å². The van der Waals surface area contributed by atoms with E-state index in [1.165, 1.54) is 0 Å². The molecular formula is C17H21N3O4S. The van der Waals surface area contributed by atoms with E-state index in [0.717, 1.165) is 19.4 Å². The van der Waals surface area contributed by atoms with E-state index in [2.05, 4.69) is 4.40 Å². The molecule has 2 fully saturated rings. The summed E-state index contributed by atoms with van der Waals surface area (Å²) in [6.07, 6.45) is 1.68. The number of likely N-dealkylation sites (tertiary alicyclic amines) is 1. The van der Waals surface area contributed by atoms with Crippen LogP contribution in [0, 0.1) is 5.92 Å². The Morgan fingerprint density at radius 1 is 1.16 bits per heavy atom. The number of piperidine rings is 1. The van der Waals surface area contributed by atoms with Gasteiger partial charge in [0.05, 0.1) is 19.1 Å². The molecule has 0 spiro atoms. The van der Waals surface area contributed by atoms with E-state index in [-0.39, 0.29) is 16.7 Å². The van der Waals surface area contributed by atoms with Gasteiger partial charge < -0.3 is 14.5 Å². The highest BCUT2D eigenvalue weighted by Crippen LogP contribution is 2.30. The molecule has 2 saturated heterocycles. The largest absolute Gasteiger partial charge is 0.378 e. The first-order chi connectivity index (χ1) is 12.1. The molecule has 0 bridgehead atoms. The number of carbonyl (C=O) groups excluding carboxylic acids is 1. The van der Waals surface area contributed by atoms with Crippen LogP contribution in [0.5, 0.6) is 0 Å². The van der Waals surface area contributed by atoms with Crippen molar-refractivity contribution in [1.82, 2.24) is 9.80 Å². The highest BCUT2D eigenvalue weighted by molar-refractivity contribution is 7.90. The van der Waals surface area contributed by atoms with Gasteiger partial charge in [-0.25, -0.2) is 0 Å². The lowest BCUT2D eigenvalue weighted by atomic mass is 9.95. The van der Waals surface area contributed by atoms with Crippen LogP contribution in [0.2, 0.25) is 0 Å². The zero-order valence-electron chi connectivity index (χ0n) is 13.9. The van der Waals surface area contributed by atoms with Crippen molar-refractivity contribution in [3.8, 4) is 0 Å². The first kappa shape index (κ1) is 16.5. The molecule has 3 heterocycles. The summed E-state index contributed by atoms with van der Waals surface area (Å²) in [7, 11) is -3.63. The highest BCUT2D eigenvalue weighted by Gasteiger charge is 2.36. The van der Waals surface area contributed by atoms with Gasteiger partial charge in [-0.15, -0.1) is 4.40 Å². The fourth-order valence-corrected chi connectivity index (χ4v) is 4.96. The molecule has 8 heteroatoms. The summed E-state index contributed by atoms with van der Waals surface area (Å²) < 4.78 is 33.8. The Bertz CT molecular complexity index is 815. The van der Waals surface area contributed by atoms with Gasteiger partial charge in [-0.1, -0.05) is 12.1 Å². The average Bonchev–Trinajstić information content (AvgIpc) is 2.94. The van der Waals surface area contributed by atoms with E-state index in [4.69, 9.17) is 4.74 Å². The predicted molar refractivity (Wildman–Crippen MR) is 91.9 cm³/mol. The van der Waals surface area contributed by atoms with Crippen molar-refractivity contribution in [2.45, 2.75) is 17.7 Å². The van der Waals surface area contributed by atoms with Gasteiger partial charge in [0.25, 0.3) is 10.0 Å². The Labute approximate surface area is 147 Å². The molecule has 0 aromatic heterocycles. The minimum atomic E-state index is -3.63. The number of rotatable bonds is 1. The van der Waals surface area contributed by atoms with E-state index in [9.17, 15) is 13.2 Å². The van der Waals surface area contributed by atoms with E-state index in [1.54, 1.807) is 18.2 Å². The maximum absolute atomic E-state index is 12.8. The molecule has 0 saturated carbocycles. The first-order valence-corrected chi connectivity index (χ1v) is 10.1. The molecule has 1 aromatic carbocycles. The van der Waals surface area contributed by atoms with E-state index in [0.29, 0.717) is 44.2 Å². The molecule has 1 atom stereocenters. The summed E-state index contributed by atoms with van der Waals surface area (Å²) in [5.41, 5.74) is 0.641. The van der Waals surface area contributed by atoms with Crippen LogP contribution in [-0.2, 0) is 19.6 Å². The number of morpholine rings is 1. The van der Waals surface area contributed by atoms with Crippen molar-refractivity contribution < 1.29 is 17.9 Å². The number of ether oxygens (including phenoxy) is 1. The molecule has 4 rings (SSSR count). The van der Waals surface area contributed by atoms with Gasteiger partial charge in [0, 0.05) is 31.7 Å². The number of carbonyl (C=O) groups is 1. The van der Waals surface area contributed by atoms with Crippen LogP contribution in [0.1, 0.15) is 18.4 Å². The lowest BCUT2D eigenvalue weighted by molar-refractivity contribution is -0.140. The molecule has 1 aromatic rings. The zero-order chi connectivity index (χ0) is 17.4. The standard InChI is InChI=1S/C17H21N3O4S/c21-17(19-8-10-24-11-9-19)13-4-3-7-20(12-13)16-14-5-1-2-6-15(14)25(22,23)18-16/h1-2,5-6,13H,3-4,7-12H2/t13-/m1/s1. The molecule has 25 heavy (non-hydrogen) atoms. The number of hydrogen-bond donors (Lipinski definition) is 0. The molecule has 7 nitrogen and oxygen atoms in total. The summed E-state index contributed by atoms with van der Waals surface area (Å²) in [6, 6.07) is 6.89. The molecule has 3 aliphatic rings. The number of fused-ring (bicyclic) bond motifs is 1. The predicted octanol–water partition coefficient (Wildman–Crippen LogP) is 0.706. The Kier molecular flexibility index (Phi) is 4.24. The van der Waals surface area contributed by atoms with Crippen molar-refractivity contribution in [1.29, 1.82) is 0 Å². The SMILES string of the molecule is O=C([C@@H]1CCCN(C2=NS(=O)(=O)c3ccccc32)C1)N1CCOCC1. The van der Waals surface area contributed by atoms with Crippen molar-refractivity contribution in [3.63, 3.8) is 0 Å². The van der Waals surface area contributed by atoms with Gasteiger partial charge in [0.2, 0.25) is 5.91 Å². The number of nitrogens with zero attached hydrogens (tertiary/aromatic N) is 3. The second-order valence-corrected chi connectivity index (χ2v) is 8.18. The summed E-state index contributed by atoms with van der Waals surface area (Å²) >= 11 is 0. The van der Waals surface area contributed by atoms with Gasteiger partial charge in [0.1, 0.15) is 4.90 Å². The third-order valence-corrected chi connectivity index (χ3v) is 6.33. The summed E-state index contributed by atoms with van der Waals surface area (Å²) in [5.74, 6) is 0.503. The Hall–Kier alpha value is -1.93. The second kappa shape index (κ2) is 6.42. The number of sulfonamides is 1. The number of benzene rings is 1. The van der Waals surface area contributed by atoms with Gasteiger partial charge in [-0.3, -0.25) is 4.79 Å². The highest BCUT2D eigenvalue weighted by atomic mass is 32.2. The lowest BCUT2D eigenvalue weighted by Crippen LogP contribution is -2.49. The molecule has 3 aliphatic heterocycles. The van der Waals surface area contributed by atoms with E-state index < -0.39 is 10.0 Å². The molecule has 134 valence electrons. The molecule has 1 amide bonds. The van der Waals surface area contributed by atoms with Crippen LogP contribution in [-0.4, -0.2) is 69.4 Å². The average molecular weight is 363 g/mol. The fourth-order valence-electron chi connectivity index (χ4n) is 3.73.